The topological polar surface area (TPSA) is 59.4 Å². The highest BCUT2D eigenvalue weighted by molar-refractivity contribution is 7.71. The van der Waals surface area contributed by atoms with E-state index in [4.69, 9.17) is 12.2 Å². The summed E-state index contributed by atoms with van der Waals surface area (Å²) in [6, 6.07) is 10.2. The number of aromatic amines is 1. The van der Waals surface area contributed by atoms with Gasteiger partial charge in [-0.25, -0.2) is 4.98 Å². The van der Waals surface area contributed by atoms with Gasteiger partial charge in [0.05, 0.1) is 12.2 Å². The van der Waals surface area contributed by atoms with Crippen molar-refractivity contribution in [1.29, 1.82) is 0 Å². The Balaban J connectivity index is 2.11. The van der Waals surface area contributed by atoms with E-state index in [1.165, 1.54) is 0 Å². The van der Waals surface area contributed by atoms with Crippen molar-refractivity contribution in [3.8, 4) is 11.5 Å². The minimum absolute atomic E-state index is 0.0689. The van der Waals surface area contributed by atoms with E-state index in [1.54, 1.807) is 18.6 Å². The average Bonchev–Trinajstić information content (AvgIpc) is 2.90. The molecule has 0 aliphatic heterocycles. The molecule has 0 unspecified atom stereocenters. The molecule has 0 bridgehead atoms. The van der Waals surface area contributed by atoms with E-state index in [9.17, 15) is 0 Å². The predicted octanol–water partition coefficient (Wildman–Crippen LogP) is 3.01. The lowest BCUT2D eigenvalue weighted by atomic mass is 10.1. The molecule has 0 saturated heterocycles. The first-order valence-corrected chi connectivity index (χ1v) is 6.66. The number of aromatic nitrogens is 5. The minimum atomic E-state index is 0.0689. The first-order valence-electron chi connectivity index (χ1n) is 6.25. The van der Waals surface area contributed by atoms with Crippen LogP contribution in [0.15, 0.2) is 48.9 Å². The van der Waals surface area contributed by atoms with Gasteiger partial charge >= 0.3 is 0 Å². The van der Waals surface area contributed by atoms with Gasteiger partial charge in [-0.2, -0.15) is 5.10 Å². The molecule has 1 aromatic carbocycles. The van der Waals surface area contributed by atoms with Gasteiger partial charge in [0, 0.05) is 12.4 Å². The van der Waals surface area contributed by atoms with Gasteiger partial charge in [0.15, 0.2) is 10.6 Å². The zero-order valence-corrected chi connectivity index (χ0v) is 11.7. The molecule has 1 N–H and O–H groups in total. The zero-order valence-electron chi connectivity index (χ0n) is 10.9. The lowest BCUT2D eigenvalue weighted by Crippen LogP contribution is -2.09. The van der Waals surface area contributed by atoms with E-state index >= 15 is 0 Å². The number of hydrogen-bond donors (Lipinski definition) is 1. The Morgan fingerprint density at radius 2 is 2.00 bits per heavy atom. The molecule has 0 amide bonds. The molecular weight excluding hydrogens is 270 g/mol. The minimum Gasteiger partial charge on any atom is -0.291 e. The standard InChI is InChI=1S/C14H13N5S/c1-10(11-5-3-2-4-6-11)19-13(17-18-14(19)20)12-9-15-7-8-16-12/h2-10H,1H3,(H,18,20)/t10-/m0/s1. The summed E-state index contributed by atoms with van der Waals surface area (Å²) in [6.45, 7) is 2.08. The molecule has 2 aromatic heterocycles. The van der Waals surface area contributed by atoms with E-state index in [1.807, 2.05) is 22.8 Å². The second kappa shape index (κ2) is 5.34. The second-order valence-electron chi connectivity index (χ2n) is 4.40. The van der Waals surface area contributed by atoms with Crippen LogP contribution in [-0.4, -0.2) is 24.7 Å². The molecular formula is C14H13N5S. The summed E-state index contributed by atoms with van der Waals surface area (Å²) >= 11 is 5.35. The smallest absolute Gasteiger partial charge is 0.196 e. The highest BCUT2D eigenvalue weighted by atomic mass is 32.1. The number of hydrogen-bond acceptors (Lipinski definition) is 4. The lowest BCUT2D eigenvalue weighted by molar-refractivity contribution is 0.634. The van der Waals surface area contributed by atoms with Crippen molar-refractivity contribution in [1.82, 2.24) is 24.7 Å². The molecule has 3 rings (SSSR count). The quantitative estimate of drug-likeness (QED) is 0.751. The van der Waals surface area contributed by atoms with Crippen molar-refractivity contribution in [2.75, 3.05) is 0 Å². The predicted molar refractivity (Wildman–Crippen MR) is 78.7 cm³/mol. The van der Waals surface area contributed by atoms with Gasteiger partial charge in [0.1, 0.15) is 5.69 Å². The molecule has 2 heterocycles. The van der Waals surface area contributed by atoms with Gasteiger partial charge in [0.25, 0.3) is 0 Å². The number of benzene rings is 1. The van der Waals surface area contributed by atoms with Crippen LogP contribution in [0.2, 0.25) is 0 Å². The van der Waals surface area contributed by atoms with E-state index in [-0.39, 0.29) is 6.04 Å². The van der Waals surface area contributed by atoms with Gasteiger partial charge in [0.2, 0.25) is 0 Å². The summed E-state index contributed by atoms with van der Waals surface area (Å²) in [7, 11) is 0. The van der Waals surface area contributed by atoms with Crippen molar-refractivity contribution >= 4 is 12.2 Å². The maximum absolute atomic E-state index is 5.35. The largest absolute Gasteiger partial charge is 0.291 e. The Morgan fingerprint density at radius 1 is 1.20 bits per heavy atom. The van der Waals surface area contributed by atoms with Crippen LogP contribution in [0, 0.1) is 4.77 Å². The molecule has 100 valence electrons. The highest BCUT2D eigenvalue weighted by Crippen LogP contribution is 2.23. The fourth-order valence-electron chi connectivity index (χ4n) is 2.14. The van der Waals surface area contributed by atoms with Crippen molar-refractivity contribution in [2.45, 2.75) is 13.0 Å². The van der Waals surface area contributed by atoms with Crippen molar-refractivity contribution in [2.24, 2.45) is 0 Å². The van der Waals surface area contributed by atoms with Crippen molar-refractivity contribution in [3.05, 3.63) is 59.3 Å². The van der Waals surface area contributed by atoms with Crippen LogP contribution in [0.3, 0.4) is 0 Å². The van der Waals surface area contributed by atoms with Gasteiger partial charge < -0.3 is 0 Å². The summed E-state index contributed by atoms with van der Waals surface area (Å²) in [5, 5.41) is 7.11. The van der Waals surface area contributed by atoms with E-state index in [0.717, 1.165) is 5.56 Å². The summed E-state index contributed by atoms with van der Waals surface area (Å²) in [5.41, 5.74) is 1.86. The van der Waals surface area contributed by atoms with Gasteiger partial charge in [-0.15, -0.1) is 0 Å². The Labute approximate surface area is 121 Å². The molecule has 1 atom stereocenters. The Hall–Kier alpha value is -2.34. The maximum atomic E-state index is 5.35. The zero-order chi connectivity index (χ0) is 13.9. The molecule has 5 nitrogen and oxygen atoms in total. The fraction of sp³-hybridized carbons (Fsp3) is 0.143. The molecule has 3 aromatic rings. The van der Waals surface area contributed by atoms with Crippen LogP contribution in [0.5, 0.6) is 0 Å². The van der Waals surface area contributed by atoms with Gasteiger partial charge in [-0.05, 0) is 24.7 Å². The third kappa shape index (κ3) is 2.25. The Morgan fingerprint density at radius 3 is 2.70 bits per heavy atom. The van der Waals surface area contributed by atoms with Crippen LogP contribution < -0.4 is 0 Å². The van der Waals surface area contributed by atoms with Crippen LogP contribution in [0.25, 0.3) is 11.5 Å². The first kappa shape index (κ1) is 12.7. The van der Waals surface area contributed by atoms with Crippen molar-refractivity contribution in [3.63, 3.8) is 0 Å². The monoisotopic (exact) mass is 283 g/mol. The highest BCUT2D eigenvalue weighted by Gasteiger charge is 2.16. The second-order valence-corrected chi connectivity index (χ2v) is 4.79. The third-order valence-electron chi connectivity index (χ3n) is 3.17. The third-order valence-corrected chi connectivity index (χ3v) is 3.45. The van der Waals surface area contributed by atoms with E-state index < -0.39 is 0 Å². The van der Waals surface area contributed by atoms with Crippen molar-refractivity contribution < 1.29 is 0 Å². The van der Waals surface area contributed by atoms with Gasteiger partial charge in [-0.3, -0.25) is 14.6 Å². The lowest BCUT2D eigenvalue weighted by Gasteiger charge is -2.15. The van der Waals surface area contributed by atoms with Crippen LogP contribution in [-0.2, 0) is 0 Å². The van der Waals surface area contributed by atoms with Gasteiger partial charge in [-0.1, -0.05) is 30.3 Å². The summed E-state index contributed by atoms with van der Waals surface area (Å²) in [4.78, 5) is 8.37. The molecule has 0 aliphatic carbocycles. The van der Waals surface area contributed by atoms with Crippen LogP contribution >= 0.6 is 12.2 Å². The summed E-state index contributed by atoms with van der Waals surface area (Å²) < 4.78 is 2.52. The SMILES string of the molecule is C[C@@H](c1ccccc1)n1c(-c2cnccn2)n[nH]c1=S. The number of nitrogens with zero attached hydrogens (tertiary/aromatic N) is 4. The molecule has 0 fully saturated rings. The molecule has 0 saturated carbocycles. The average molecular weight is 283 g/mol. The first-order chi connectivity index (χ1) is 9.77. The number of nitrogens with one attached hydrogen (secondary N) is 1. The van der Waals surface area contributed by atoms with Crippen LogP contribution in [0.4, 0.5) is 0 Å². The summed E-state index contributed by atoms with van der Waals surface area (Å²) in [5.74, 6) is 0.694. The maximum Gasteiger partial charge on any atom is 0.196 e. The molecule has 0 spiro atoms. The number of rotatable bonds is 3. The normalized spacial score (nSPS) is 12.2. The van der Waals surface area contributed by atoms with E-state index in [2.05, 4.69) is 39.2 Å². The fourth-order valence-corrected chi connectivity index (χ4v) is 2.43. The molecule has 20 heavy (non-hydrogen) atoms. The Kier molecular flexibility index (Phi) is 3.39. The molecule has 6 heteroatoms. The van der Waals surface area contributed by atoms with Crippen LogP contribution in [0.1, 0.15) is 18.5 Å². The molecule has 0 aliphatic rings. The Bertz CT molecular complexity index is 748. The van der Waals surface area contributed by atoms with E-state index in [0.29, 0.717) is 16.3 Å². The number of H-pyrrole nitrogens is 1. The summed E-state index contributed by atoms with van der Waals surface area (Å²) in [6.07, 6.45) is 4.96. The molecule has 0 radical (unpaired) electrons.